The van der Waals surface area contributed by atoms with E-state index in [0.717, 1.165) is 4.90 Å². The summed E-state index contributed by atoms with van der Waals surface area (Å²) in [5.41, 5.74) is 0. The van der Waals surface area contributed by atoms with E-state index in [0.29, 0.717) is 66.1 Å². The normalized spacial score (nSPS) is 13.8. The molecule has 0 aromatic carbocycles. The van der Waals surface area contributed by atoms with Gasteiger partial charge in [0.15, 0.2) is 0 Å². The molecule has 0 fully saturated rings. The van der Waals surface area contributed by atoms with Crippen molar-refractivity contribution < 1.29 is 42.4 Å². The van der Waals surface area contributed by atoms with Crippen molar-refractivity contribution in [3.8, 4) is 0 Å². The Kier molecular flexibility index (Phi) is 15.5. The van der Waals surface area contributed by atoms with E-state index in [2.05, 4.69) is 0 Å². The van der Waals surface area contributed by atoms with Crippen LogP contribution in [0.4, 0.5) is 4.39 Å². The summed E-state index contributed by atoms with van der Waals surface area (Å²) in [6, 6.07) is 0. The van der Waals surface area contributed by atoms with Gasteiger partial charge in [-0.1, -0.05) is 0 Å². The lowest BCUT2D eigenvalue weighted by Crippen LogP contribution is -2.33. The summed E-state index contributed by atoms with van der Waals surface area (Å²) >= 11 is 0. The van der Waals surface area contributed by atoms with Gasteiger partial charge in [-0.15, -0.1) is 0 Å². The minimum atomic E-state index is -0.481. The fourth-order valence-electron chi connectivity index (χ4n) is 2.06. The number of ether oxygens (including phenoxy) is 6. The van der Waals surface area contributed by atoms with Gasteiger partial charge in [-0.25, -0.2) is 4.39 Å². The first kappa shape index (κ1) is 24.6. The summed E-state index contributed by atoms with van der Waals surface area (Å²) in [6.45, 7) is 4.49. The highest BCUT2D eigenvalue weighted by Gasteiger charge is 2.22. The predicted molar refractivity (Wildman–Crippen MR) is 96.7 cm³/mol. The van der Waals surface area contributed by atoms with Crippen molar-refractivity contribution in [3.05, 3.63) is 12.2 Å². The number of halogens is 1. The van der Waals surface area contributed by atoms with Crippen LogP contribution in [-0.2, 0) is 38.0 Å². The summed E-state index contributed by atoms with van der Waals surface area (Å²) in [5.74, 6) is -0.614. The maximum absolute atomic E-state index is 11.7. The van der Waals surface area contributed by atoms with Crippen LogP contribution < -0.4 is 0 Å². The van der Waals surface area contributed by atoms with Crippen LogP contribution in [-0.4, -0.2) is 109 Å². The molecular weight excluding hydrogens is 377 g/mol. The number of amides is 2. The standard InChI is InChI=1S/C18H30FNO8/c19-3-5-23-7-9-25-11-13-27-15-16-28-14-12-26-10-8-24-6-4-20-17(21)1-2-18(20)22/h1-2H,3-16H2. The van der Waals surface area contributed by atoms with Crippen LogP contribution >= 0.6 is 0 Å². The van der Waals surface area contributed by atoms with E-state index in [1.165, 1.54) is 12.2 Å². The molecule has 0 saturated heterocycles. The number of hydrogen-bond donors (Lipinski definition) is 0. The van der Waals surface area contributed by atoms with Crippen molar-refractivity contribution in [1.82, 2.24) is 4.90 Å². The molecule has 1 aliphatic heterocycles. The zero-order valence-electron chi connectivity index (χ0n) is 16.1. The Morgan fingerprint density at radius 1 is 0.571 bits per heavy atom. The molecule has 9 nitrogen and oxygen atoms in total. The number of hydrogen-bond acceptors (Lipinski definition) is 8. The van der Waals surface area contributed by atoms with E-state index < -0.39 is 6.67 Å². The van der Waals surface area contributed by atoms with E-state index in [9.17, 15) is 14.0 Å². The monoisotopic (exact) mass is 407 g/mol. The molecule has 0 saturated carbocycles. The van der Waals surface area contributed by atoms with Gasteiger partial charge in [0.2, 0.25) is 0 Å². The van der Waals surface area contributed by atoms with E-state index in [1.807, 2.05) is 0 Å². The molecule has 1 rings (SSSR count). The summed E-state index contributed by atoms with van der Waals surface area (Å²) in [7, 11) is 0. The molecule has 0 aromatic rings. The molecule has 10 heteroatoms. The molecule has 162 valence electrons. The fraction of sp³-hybridized carbons (Fsp3) is 0.778. The molecule has 2 amide bonds. The van der Waals surface area contributed by atoms with E-state index in [-0.39, 0.29) is 31.6 Å². The van der Waals surface area contributed by atoms with Crippen molar-refractivity contribution in [3.63, 3.8) is 0 Å². The summed E-state index contributed by atoms with van der Waals surface area (Å²) in [6.07, 6.45) is 2.50. The lowest BCUT2D eigenvalue weighted by atomic mass is 10.5. The number of imide groups is 1. The molecule has 0 unspecified atom stereocenters. The lowest BCUT2D eigenvalue weighted by molar-refractivity contribution is -0.137. The van der Waals surface area contributed by atoms with Gasteiger partial charge in [0.1, 0.15) is 6.67 Å². The fourth-order valence-corrected chi connectivity index (χ4v) is 2.06. The average Bonchev–Trinajstić information content (AvgIpc) is 3.01. The number of carbonyl (C=O) groups is 2. The minimum Gasteiger partial charge on any atom is -0.377 e. The summed E-state index contributed by atoms with van der Waals surface area (Å²) < 4.78 is 43.2. The number of alkyl halides is 1. The lowest BCUT2D eigenvalue weighted by Gasteiger charge is -2.13. The minimum absolute atomic E-state index is 0.106. The Balaban J connectivity index is 1.70. The zero-order valence-corrected chi connectivity index (χ0v) is 16.1. The van der Waals surface area contributed by atoms with Crippen molar-refractivity contribution in [1.29, 1.82) is 0 Å². The number of rotatable bonds is 20. The molecule has 28 heavy (non-hydrogen) atoms. The molecule has 0 N–H and O–H groups in total. The first-order valence-electron chi connectivity index (χ1n) is 9.31. The Hall–Kier alpha value is -1.43. The van der Waals surface area contributed by atoms with Gasteiger partial charge in [0, 0.05) is 12.2 Å². The Bertz CT molecular complexity index is 431. The van der Waals surface area contributed by atoms with Gasteiger partial charge < -0.3 is 28.4 Å². The van der Waals surface area contributed by atoms with Crippen LogP contribution in [0.5, 0.6) is 0 Å². The first-order valence-corrected chi connectivity index (χ1v) is 9.31. The van der Waals surface area contributed by atoms with Crippen LogP contribution in [0.3, 0.4) is 0 Å². The molecular formula is C18H30FNO8. The predicted octanol–water partition coefficient (Wildman–Crippen LogP) is -0.0195. The second-order valence-electron chi connectivity index (χ2n) is 5.52. The van der Waals surface area contributed by atoms with E-state index in [1.54, 1.807) is 0 Å². The van der Waals surface area contributed by atoms with E-state index in [4.69, 9.17) is 28.4 Å². The number of nitrogens with zero attached hydrogens (tertiary/aromatic N) is 1. The highest BCUT2D eigenvalue weighted by Crippen LogP contribution is 2.02. The zero-order chi connectivity index (χ0) is 20.3. The van der Waals surface area contributed by atoms with Crippen molar-refractivity contribution >= 4 is 11.8 Å². The largest absolute Gasteiger partial charge is 0.377 e. The molecule has 0 bridgehead atoms. The van der Waals surface area contributed by atoms with Gasteiger partial charge in [-0.3, -0.25) is 14.5 Å². The van der Waals surface area contributed by atoms with Crippen molar-refractivity contribution in [2.75, 3.05) is 92.5 Å². The molecule has 0 spiro atoms. The summed E-state index contributed by atoms with van der Waals surface area (Å²) in [5, 5.41) is 0. The smallest absolute Gasteiger partial charge is 0.253 e. The second-order valence-corrected chi connectivity index (χ2v) is 5.52. The van der Waals surface area contributed by atoms with Crippen LogP contribution in [0.15, 0.2) is 12.2 Å². The van der Waals surface area contributed by atoms with Crippen LogP contribution in [0.1, 0.15) is 0 Å². The molecule has 0 atom stereocenters. The molecule has 1 aliphatic rings. The second kappa shape index (κ2) is 17.7. The van der Waals surface area contributed by atoms with Gasteiger partial charge >= 0.3 is 0 Å². The topological polar surface area (TPSA) is 92.8 Å². The average molecular weight is 407 g/mol. The van der Waals surface area contributed by atoms with Gasteiger partial charge in [-0.05, 0) is 0 Å². The van der Waals surface area contributed by atoms with Crippen molar-refractivity contribution in [2.24, 2.45) is 0 Å². The van der Waals surface area contributed by atoms with Crippen molar-refractivity contribution in [2.45, 2.75) is 0 Å². The van der Waals surface area contributed by atoms with E-state index >= 15 is 0 Å². The summed E-state index contributed by atoms with van der Waals surface area (Å²) in [4.78, 5) is 23.7. The van der Waals surface area contributed by atoms with Crippen LogP contribution in [0, 0.1) is 0 Å². The molecule has 0 aromatic heterocycles. The molecule has 1 heterocycles. The van der Waals surface area contributed by atoms with Crippen LogP contribution in [0.2, 0.25) is 0 Å². The quantitative estimate of drug-likeness (QED) is 0.205. The van der Waals surface area contributed by atoms with Crippen LogP contribution in [0.25, 0.3) is 0 Å². The Morgan fingerprint density at radius 2 is 0.893 bits per heavy atom. The maximum Gasteiger partial charge on any atom is 0.253 e. The highest BCUT2D eigenvalue weighted by atomic mass is 19.1. The highest BCUT2D eigenvalue weighted by molar-refractivity contribution is 6.12. The van der Waals surface area contributed by atoms with Gasteiger partial charge in [0.05, 0.1) is 85.8 Å². The molecule has 0 aliphatic carbocycles. The Morgan fingerprint density at radius 3 is 1.25 bits per heavy atom. The maximum atomic E-state index is 11.7. The first-order chi connectivity index (χ1) is 13.8. The third-order valence-corrected chi connectivity index (χ3v) is 3.44. The van der Waals surface area contributed by atoms with Gasteiger partial charge in [0.25, 0.3) is 11.8 Å². The third kappa shape index (κ3) is 12.9. The molecule has 0 radical (unpaired) electrons. The SMILES string of the molecule is O=C1C=CC(=O)N1CCOCCOCCOCCOCCOCCOCCF. The number of carbonyl (C=O) groups excluding carboxylic acids is 2. The van der Waals surface area contributed by atoms with Gasteiger partial charge in [-0.2, -0.15) is 0 Å². The Labute approximate surface area is 164 Å². The third-order valence-electron chi connectivity index (χ3n) is 3.44.